The van der Waals surface area contributed by atoms with Crippen molar-refractivity contribution in [2.75, 3.05) is 36.1 Å². The van der Waals surface area contributed by atoms with Crippen molar-refractivity contribution < 1.29 is 19.1 Å². The first-order valence-electron chi connectivity index (χ1n) is 12.5. The van der Waals surface area contributed by atoms with Crippen LogP contribution in [0.5, 0.6) is 0 Å². The van der Waals surface area contributed by atoms with Crippen LogP contribution in [-0.2, 0) is 9.59 Å². The Hall–Kier alpha value is -4.01. The number of para-hydroxylation sites is 2. The normalized spacial score (nSPS) is 18.0. The van der Waals surface area contributed by atoms with Crippen molar-refractivity contribution in [1.82, 2.24) is 4.90 Å². The van der Waals surface area contributed by atoms with Gasteiger partial charge in [-0.2, -0.15) is 0 Å². The molecule has 8 heteroatoms. The Labute approximate surface area is 222 Å². The smallest absolute Gasteiger partial charge is 0.248 e. The first kappa shape index (κ1) is 27.0. The number of halogens is 1. The van der Waals surface area contributed by atoms with Crippen LogP contribution in [0.4, 0.5) is 21.5 Å². The quantitative estimate of drug-likeness (QED) is 0.261. The summed E-state index contributed by atoms with van der Waals surface area (Å²) < 4.78 is 13.3. The summed E-state index contributed by atoms with van der Waals surface area (Å²) in [5.74, 6) is -1.28. The fourth-order valence-corrected chi connectivity index (χ4v) is 4.58. The summed E-state index contributed by atoms with van der Waals surface area (Å²) in [7, 11) is 0. The molecule has 2 atom stereocenters. The molecule has 0 bridgehead atoms. The SMILES string of the molecule is CC(C)(CO)N1CC(C(=O)Nc2ccc(F)cc2)C(c2ccc(C=CC(=O)Nc3ccccc3N)cc2)C1. The van der Waals surface area contributed by atoms with Gasteiger partial charge in [-0.15, -0.1) is 0 Å². The molecule has 0 aromatic heterocycles. The zero-order chi connectivity index (χ0) is 27.3. The minimum Gasteiger partial charge on any atom is -0.397 e. The van der Waals surface area contributed by atoms with E-state index in [1.165, 1.54) is 30.3 Å². The van der Waals surface area contributed by atoms with Crippen LogP contribution in [0.25, 0.3) is 6.08 Å². The van der Waals surface area contributed by atoms with Crippen molar-refractivity contribution in [3.05, 3.63) is 95.8 Å². The first-order valence-corrected chi connectivity index (χ1v) is 12.5. The Morgan fingerprint density at radius 1 is 1.03 bits per heavy atom. The van der Waals surface area contributed by atoms with Crippen molar-refractivity contribution >= 4 is 35.0 Å². The fraction of sp³-hybridized carbons (Fsp3) is 0.267. The predicted molar refractivity (Wildman–Crippen MR) is 149 cm³/mol. The lowest BCUT2D eigenvalue weighted by atomic mass is 9.88. The highest BCUT2D eigenvalue weighted by Gasteiger charge is 2.43. The molecule has 7 nitrogen and oxygen atoms in total. The number of carbonyl (C=O) groups is 2. The third kappa shape index (κ3) is 6.45. The van der Waals surface area contributed by atoms with Crippen molar-refractivity contribution in [1.29, 1.82) is 0 Å². The number of nitrogens with zero attached hydrogens (tertiary/aromatic N) is 1. The van der Waals surface area contributed by atoms with Crippen LogP contribution in [0.3, 0.4) is 0 Å². The standard InChI is InChI=1S/C30H33FN4O3/c1-30(2,19-36)35-17-24(25(18-35)29(38)33-23-14-12-22(31)13-15-23)21-10-7-20(8-11-21)9-16-28(37)34-27-6-4-3-5-26(27)32/h3-16,24-25,36H,17-19,32H2,1-2H3,(H,33,38)(H,34,37). The predicted octanol–water partition coefficient (Wildman–Crippen LogP) is 4.48. The fourth-order valence-electron chi connectivity index (χ4n) is 4.58. The molecule has 0 radical (unpaired) electrons. The number of nitrogens with one attached hydrogen (secondary N) is 2. The molecule has 1 heterocycles. The second-order valence-corrected chi connectivity index (χ2v) is 10.2. The number of anilines is 3. The lowest BCUT2D eigenvalue weighted by molar-refractivity contribution is -0.120. The summed E-state index contributed by atoms with van der Waals surface area (Å²) in [6, 6.07) is 20.5. The second-order valence-electron chi connectivity index (χ2n) is 10.2. The van der Waals surface area contributed by atoms with E-state index in [0.29, 0.717) is 30.2 Å². The molecule has 1 aliphatic heterocycles. The number of amides is 2. The van der Waals surface area contributed by atoms with Crippen LogP contribution >= 0.6 is 0 Å². The van der Waals surface area contributed by atoms with Crippen LogP contribution in [0.1, 0.15) is 30.9 Å². The zero-order valence-electron chi connectivity index (χ0n) is 21.5. The molecule has 2 amide bonds. The highest BCUT2D eigenvalue weighted by Crippen LogP contribution is 2.37. The number of nitrogens with two attached hydrogens (primary N) is 1. The summed E-state index contributed by atoms with van der Waals surface area (Å²) >= 11 is 0. The summed E-state index contributed by atoms with van der Waals surface area (Å²) in [6.45, 7) is 4.95. The number of likely N-dealkylation sites (tertiary alicyclic amines) is 1. The molecule has 1 fully saturated rings. The van der Waals surface area contributed by atoms with Gasteiger partial charge in [-0.1, -0.05) is 36.4 Å². The highest BCUT2D eigenvalue weighted by molar-refractivity contribution is 6.03. The number of carbonyl (C=O) groups excluding carboxylic acids is 2. The van der Waals surface area contributed by atoms with Gasteiger partial charge in [0.05, 0.1) is 23.9 Å². The summed E-state index contributed by atoms with van der Waals surface area (Å²) in [5, 5.41) is 15.6. The largest absolute Gasteiger partial charge is 0.397 e. The van der Waals surface area contributed by atoms with Gasteiger partial charge in [-0.25, -0.2) is 4.39 Å². The number of rotatable bonds is 8. The Balaban J connectivity index is 1.48. The molecule has 2 unspecified atom stereocenters. The molecule has 3 aromatic carbocycles. The van der Waals surface area contributed by atoms with Gasteiger partial charge in [0.2, 0.25) is 11.8 Å². The highest BCUT2D eigenvalue weighted by atomic mass is 19.1. The van der Waals surface area contributed by atoms with Crippen LogP contribution in [0, 0.1) is 11.7 Å². The third-order valence-electron chi connectivity index (χ3n) is 7.02. The molecule has 5 N–H and O–H groups in total. The van der Waals surface area contributed by atoms with Crippen LogP contribution in [0.2, 0.25) is 0 Å². The molecule has 3 aromatic rings. The van der Waals surface area contributed by atoms with E-state index in [4.69, 9.17) is 5.73 Å². The molecule has 38 heavy (non-hydrogen) atoms. The maximum absolute atomic E-state index is 13.3. The average molecular weight is 517 g/mol. The average Bonchev–Trinajstić information content (AvgIpc) is 3.37. The van der Waals surface area contributed by atoms with E-state index in [0.717, 1.165) is 11.1 Å². The minimum absolute atomic E-state index is 0.0353. The van der Waals surface area contributed by atoms with E-state index in [1.807, 2.05) is 38.1 Å². The Kier molecular flexibility index (Phi) is 8.24. The second kappa shape index (κ2) is 11.6. The molecular weight excluding hydrogens is 483 g/mol. The summed E-state index contributed by atoms with van der Waals surface area (Å²) in [5.41, 5.74) is 8.80. The maximum Gasteiger partial charge on any atom is 0.248 e. The lowest BCUT2D eigenvalue weighted by Gasteiger charge is -2.33. The van der Waals surface area contributed by atoms with Gasteiger partial charge in [0.15, 0.2) is 0 Å². The van der Waals surface area contributed by atoms with Gasteiger partial charge in [-0.3, -0.25) is 14.5 Å². The Morgan fingerprint density at radius 2 is 1.71 bits per heavy atom. The number of hydrogen-bond acceptors (Lipinski definition) is 5. The van der Waals surface area contributed by atoms with Crippen LogP contribution < -0.4 is 16.4 Å². The van der Waals surface area contributed by atoms with E-state index in [9.17, 15) is 19.1 Å². The van der Waals surface area contributed by atoms with E-state index in [2.05, 4.69) is 15.5 Å². The van der Waals surface area contributed by atoms with E-state index in [-0.39, 0.29) is 36.1 Å². The number of aliphatic hydroxyl groups is 1. The van der Waals surface area contributed by atoms with Crippen molar-refractivity contribution in [3.8, 4) is 0 Å². The third-order valence-corrected chi connectivity index (χ3v) is 7.02. The monoisotopic (exact) mass is 516 g/mol. The molecule has 4 rings (SSSR count). The molecule has 1 aliphatic rings. The van der Waals surface area contributed by atoms with Gasteiger partial charge < -0.3 is 21.5 Å². The molecular formula is C30H33FN4O3. The van der Waals surface area contributed by atoms with Gasteiger partial charge in [0.1, 0.15) is 5.82 Å². The van der Waals surface area contributed by atoms with Crippen molar-refractivity contribution in [2.45, 2.75) is 25.3 Å². The number of hydrogen-bond donors (Lipinski definition) is 4. The molecule has 198 valence electrons. The maximum atomic E-state index is 13.3. The number of aliphatic hydroxyl groups excluding tert-OH is 1. The minimum atomic E-state index is -0.485. The van der Waals surface area contributed by atoms with Gasteiger partial charge in [0, 0.05) is 36.3 Å². The van der Waals surface area contributed by atoms with E-state index < -0.39 is 5.54 Å². The molecule has 0 aliphatic carbocycles. The van der Waals surface area contributed by atoms with Crippen molar-refractivity contribution in [2.24, 2.45) is 5.92 Å². The summed E-state index contributed by atoms with van der Waals surface area (Å²) in [4.78, 5) is 27.7. The van der Waals surface area contributed by atoms with Gasteiger partial charge >= 0.3 is 0 Å². The Bertz CT molecular complexity index is 1310. The first-order chi connectivity index (χ1) is 18.2. The lowest BCUT2D eigenvalue weighted by Crippen LogP contribution is -2.46. The summed E-state index contributed by atoms with van der Waals surface area (Å²) in [6.07, 6.45) is 3.16. The Morgan fingerprint density at radius 3 is 2.37 bits per heavy atom. The van der Waals surface area contributed by atoms with E-state index in [1.54, 1.807) is 30.3 Å². The van der Waals surface area contributed by atoms with Crippen LogP contribution in [0.15, 0.2) is 78.9 Å². The molecule has 0 saturated carbocycles. The topological polar surface area (TPSA) is 108 Å². The van der Waals surface area contributed by atoms with Crippen LogP contribution in [-0.4, -0.2) is 47.1 Å². The number of nitrogen functional groups attached to an aromatic ring is 1. The molecule has 1 saturated heterocycles. The zero-order valence-corrected chi connectivity index (χ0v) is 21.5. The van der Waals surface area contributed by atoms with E-state index >= 15 is 0 Å². The number of benzene rings is 3. The van der Waals surface area contributed by atoms with Gasteiger partial charge in [-0.05, 0) is 67.4 Å². The van der Waals surface area contributed by atoms with Gasteiger partial charge in [0.25, 0.3) is 0 Å². The van der Waals surface area contributed by atoms with Crippen molar-refractivity contribution in [3.63, 3.8) is 0 Å². The molecule has 0 spiro atoms.